The molecule has 0 aliphatic rings. The number of benzene rings is 2. The van der Waals surface area contributed by atoms with E-state index in [0.29, 0.717) is 11.1 Å². The Morgan fingerprint density at radius 3 is 2.54 bits per heavy atom. The predicted octanol–water partition coefficient (Wildman–Crippen LogP) is 3.70. The van der Waals surface area contributed by atoms with Crippen LogP contribution in [0.25, 0.3) is 5.57 Å². The Bertz CT molecular complexity index is 756. The zero-order chi connectivity index (χ0) is 17.5. The highest BCUT2D eigenvalue weighted by atomic mass is 19.2. The van der Waals surface area contributed by atoms with Gasteiger partial charge >= 0.3 is 5.97 Å². The first-order chi connectivity index (χ1) is 11.6. The number of hydrogen-bond acceptors (Lipinski definition) is 4. The Labute approximate surface area is 138 Å². The van der Waals surface area contributed by atoms with Gasteiger partial charge in [0.1, 0.15) is 12.2 Å². The van der Waals surface area contributed by atoms with Crippen LogP contribution in [-0.4, -0.2) is 20.2 Å². The van der Waals surface area contributed by atoms with Crippen molar-refractivity contribution in [2.24, 2.45) is 0 Å². The molecule has 0 unspecified atom stereocenters. The topological polar surface area (TPSA) is 44.8 Å². The molecule has 0 saturated heterocycles. The van der Waals surface area contributed by atoms with Crippen molar-refractivity contribution < 1.29 is 27.8 Å². The number of hydrogen-bond donors (Lipinski definition) is 0. The molecule has 2 rings (SSSR count). The van der Waals surface area contributed by atoms with E-state index in [1.54, 1.807) is 24.3 Å². The first kappa shape index (κ1) is 17.5. The molecule has 0 fully saturated rings. The maximum atomic E-state index is 13.7. The van der Waals surface area contributed by atoms with E-state index in [4.69, 9.17) is 14.2 Å². The van der Waals surface area contributed by atoms with Crippen LogP contribution in [0.3, 0.4) is 0 Å². The molecule has 0 atom stereocenters. The van der Waals surface area contributed by atoms with Crippen LogP contribution < -0.4 is 4.74 Å². The van der Waals surface area contributed by atoms with Gasteiger partial charge in [-0.1, -0.05) is 30.3 Å². The average Bonchev–Trinajstić information content (AvgIpc) is 2.60. The molecule has 2 aromatic rings. The summed E-state index contributed by atoms with van der Waals surface area (Å²) in [6, 6.07) is 10.5. The first-order valence-corrected chi connectivity index (χ1v) is 7.04. The van der Waals surface area contributed by atoms with Gasteiger partial charge in [-0.15, -0.1) is 0 Å². The van der Waals surface area contributed by atoms with E-state index in [1.807, 2.05) is 0 Å². The molecule has 0 N–H and O–H groups in total. The third-order valence-corrected chi connectivity index (χ3v) is 3.25. The van der Waals surface area contributed by atoms with Crippen molar-refractivity contribution in [2.75, 3.05) is 14.2 Å². The molecule has 4 nitrogen and oxygen atoms in total. The minimum Gasteiger partial charge on any atom is -0.503 e. The molecule has 0 spiro atoms. The average molecular weight is 334 g/mol. The number of methoxy groups -OCH3 is 2. The Hall–Kier alpha value is -2.89. The van der Waals surface area contributed by atoms with Gasteiger partial charge in [-0.25, -0.2) is 9.18 Å². The van der Waals surface area contributed by atoms with E-state index in [-0.39, 0.29) is 17.9 Å². The lowest BCUT2D eigenvalue weighted by Gasteiger charge is -2.13. The summed E-state index contributed by atoms with van der Waals surface area (Å²) in [5.74, 6) is -2.84. The monoisotopic (exact) mass is 334 g/mol. The van der Waals surface area contributed by atoms with Crippen LogP contribution in [0.1, 0.15) is 11.1 Å². The summed E-state index contributed by atoms with van der Waals surface area (Å²) in [6.07, 6.45) is 1.26. The van der Waals surface area contributed by atoms with E-state index in [2.05, 4.69) is 0 Å². The van der Waals surface area contributed by atoms with Gasteiger partial charge in [0.2, 0.25) is 5.82 Å². The van der Waals surface area contributed by atoms with Crippen LogP contribution >= 0.6 is 0 Å². The van der Waals surface area contributed by atoms with E-state index in [0.717, 1.165) is 6.07 Å². The van der Waals surface area contributed by atoms with E-state index in [1.165, 1.54) is 32.6 Å². The van der Waals surface area contributed by atoms with Crippen molar-refractivity contribution >= 4 is 11.5 Å². The number of carbonyl (C=O) groups is 1. The number of halogens is 2. The summed E-state index contributed by atoms with van der Waals surface area (Å²) in [5.41, 5.74) is 1.30. The molecule has 24 heavy (non-hydrogen) atoms. The van der Waals surface area contributed by atoms with E-state index >= 15 is 0 Å². The minimum absolute atomic E-state index is 0.0609. The summed E-state index contributed by atoms with van der Waals surface area (Å²) >= 11 is 0. The van der Waals surface area contributed by atoms with Gasteiger partial charge in [0.15, 0.2) is 11.6 Å². The van der Waals surface area contributed by atoms with Gasteiger partial charge in [-0.2, -0.15) is 4.39 Å². The van der Waals surface area contributed by atoms with Crippen LogP contribution in [0.5, 0.6) is 5.75 Å². The van der Waals surface area contributed by atoms with Gasteiger partial charge < -0.3 is 14.2 Å². The van der Waals surface area contributed by atoms with Gasteiger partial charge in [0.05, 0.1) is 20.5 Å². The highest BCUT2D eigenvalue weighted by Crippen LogP contribution is 2.24. The lowest BCUT2D eigenvalue weighted by Crippen LogP contribution is -2.08. The van der Waals surface area contributed by atoms with Gasteiger partial charge in [0.25, 0.3) is 0 Å². The highest BCUT2D eigenvalue weighted by Gasteiger charge is 2.17. The van der Waals surface area contributed by atoms with Crippen molar-refractivity contribution in [1.82, 2.24) is 0 Å². The molecule has 0 bridgehead atoms. The number of ether oxygens (including phenoxy) is 3. The largest absolute Gasteiger partial charge is 0.503 e. The second-order valence-corrected chi connectivity index (χ2v) is 4.76. The fourth-order valence-corrected chi connectivity index (χ4v) is 2.11. The van der Waals surface area contributed by atoms with E-state index in [9.17, 15) is 13.6 Å². The van der Waals surface area contributed by atoms with Crippen molar-refractivity contribution in [3.63, 3.8) is 0 Å². The van der Waals surface area contributed by atoms with Crippen molar-refractivity contribution in [2.45, 2.75) is 6.61 Å². The van der Waals surface area contributed by atoms with E-state index < -0.39 is 17.6 Å². The summed E-state index contributed by atoms with van der Waals surface area (Å²) in [6.45, 7) is -0.0609. The molecule has 6 heteroatoms. The molecule has 0 aliphatic carbocycles. The standard InChI is InChI=1S/C18H16F2O4/c1-22-11-14(18(21)23-2)13-7-4-3-6-12(13)10-24-16-9-5-8-15(19)17(16)20/h3-9,11H,10H2,1-2H3/b14-11+. The van der Waals surface area contributed by atoms with Gasteiger partial charge in [0, 0.05) is 0 Å². The molecule has 0 aliphatic heterocycles. The third-order valence-electron chi connectivity index (χ3n) is 3.25. The van der Waals surface area contributed by atoms with Crippen LogP contribution in [0.2, 0.25) is 0 Å². The fourth-order valence-electron chi connectivity index (χ4n) is 2.11. The van der Waals surface area contributed by atoms with Crippen LogP contribution in [0, 0.1) is 11.6 Å². The molecule has 2 aromatic carbocycles. The van der Waals surface area contributed by atoms with Gasteiger partial charge in [-0.05, 0) is 23.3 Å². The molecular formula is C18H16F2O4. The fraction of sp³-hybridized carbons (Fsp3) is 0.167. The number of rotatable bonds is 6. The number of carbonyl (C=O) groups excluding carboxylic acids is 1. The zero-order valence-electron chi connectivity index (χ0n) is 13.2. The summed E-state index contributed by atoms with van der Waals surface area (Å²) in [4.78, 5) is 11.9. The minimum atomic E-state index is -1.06. The Morgan fingerprint density at radius 1 is 1.08 bits per heavy atom. The maximum absolute atomic E-state index is 13.7. The second kappa shape index (κ2) is 8.10. The molecule has 0 radical (unpaired) electrons. The smallest absolute Gasteiger partial charge is 0.341 e. The first-order valence-electron chi connectivity index (χ1n) is 7.04. The SMILES string of the molecule is CO/C=C(/C(=O)OC)c1ccccc1COc1cccc(F)c1F. The Balaban J connectivity index is 2.30. The molecule has 0 heterocycles. The summed E-state index contributed by atoms with van der Waals surface area (Å²) < 4.78 is 41.9. The Kier molecular flexibility index (Phi) is 5.89. The lowest BCUT2D eigenvalue weighted by molar-refractivity contribution is -0.133. The quantitative estimate of drug-likeness (QED) is 0.459. The number of esters is 1. The maximum Gasteiger partial charge on any atom is 0.341 e. The Morgan fingerprint density at radius 2 is 1.83 bits per heavy atom. The van der Waals surface area contributed by atoms with Gasteiger partial charge in [-0.3, -0.25) is 0 Å². The van der Waals surface area contributed by atoms with Crippen molar-refractivity contribution in [3.8, 4) is 5.75 Å². The normalized spacial score (nSPS) is 11.1. The third kappa shape index (κ3) is 3.90. The van der Waals surface area contributed by atoms with Crippen molar-refractivity contribution in [3.05, 3.63) is 71.5 Å². The summed E-state index contributed by atoms with van der Waals surface area (Å²) in [5, 5.41) is 0. The molecular weight excluding hydrogens is 318 g/mol. The molecule has 126 valence electrons. The summed E-state index contributed by atoms with van der Waals surface area (Å²) in [7, 11) is 2.66. The van der Waals surface area contributed by atoms with Crippen molar-refractivity contribution in [1.29, 1.82) is 0 Å². The highest BCUT2D eigenvalue weighted by molar-refractivity contribution is 6.16. The predicted molar refractivity (Wildman–Crippen MR) is 84.1 cm³/mol. The lowest BCUT2D eigenvalue weighted by atomic mass is 10.0. The van der Waals surface area contributed by atoms with Crippen LogP contribution in [-0.2, 0) is 20.9 Å². The van der Waals surface area contributed by atoms with Crippen LogP contribution in [0.15, 0.2) is 48.7 Å². The zero-order valence-corrected chi connectivity index (χ0v) is 13.2. The van der Waals surface area contributed by atoms with Crippen LogP contribution in [0.4, 0.5) is 8.78 Å². The molecule has 0 amide bonds. The second-order valence-electron chi connectivity index (χ2n) is 4.76. The molecule has 0 aromatic heterocycles. The molecule has 0 saturated carbocycles.